The number of para-hydroxylation sites is 1. The first-order valence-electron chi connectivity index (χ1n) is 10.6. The molecule has 0 fully saturated rings. The van der Waals surface area contributed by atoms with Crippen molar-refractivity contribution in [3.05, 3.63) is 108 Å². The van der Waals surface area contributed by atoms with Crippen molar-refractivity contribution in [2.24, 2.45) is 0 Å². The zero-order chi connectivity index (χ0) is 23.4. The van der Waals surface area contributed by atoms with Crippen molar-refractivity contribution in [2.45, 2.75) is 19.5 Å². The van der Waals surface area contributed by atoms with E-state index < -0.39 is 18.6 Å². The van der Waals surface area contributed by atoms with Gasteiger partial charge in [-0.3, -0.25) is 14.5 Å². The minimum Gasteiger partial charge on any atom is -0.454 e. The Balaban J connectivity index is 1.44. The van der Waals surface area contributed by atoms with E-state index in [4.69, 9.17) is 4.74 Å². The fraction of sp³-hybridized carbons (Fsp3) is 0.148. The van der Waals surface area contributed by atoms with E-state index in [-0.39, 0.29) is 11.8 Å². The van der Waals surface area contributed by atoms with Gasteiger partial charge in [-0.25, -0.2) is 4.79 Å². The standard InChI is InChI=1S/C27H24N2O4/c1-19-23-15-9-10-16-24(23)26(31)29(19)20(2)27(32)33-18-25(30)28(22-13-7-4-8-14-22)17-21-11-5-3-6-12-21/h3-16,20H,1,17-18H2,2H3. The molecule has 4 rings (SSSR count). The number of carbonyl (C=O) groups is 3. The number of amides is 2. The highest BCUT2D eigenvalue weighted by atomic mass is 16.5. The van der Waals surface area contributed by atoms with Gasteiger partial charge in [-0.05, 0) is 30.7 Å². The van der Waals surface area contributed by atoms with Gasteiger partial charge in [-0.1, -0.05) is 73.3 Å². The van der Waals surface area contributed by atoms with Gasteiger partial charge in [-0.2, -0.15) is 0 Å². The summed E-state index contributed by atoms with van der Waals surface area (Å²) < 4.78 is 5.35. The van der Waals surface area contributed by atoms with Gasteiger partial charge in [0.25, 0.3) is 11.8 Å². The Hall–Kier alpha value is -4.19. The predicted molar refractivity (Wildman–Crippen MR) is 126 cm³/mol. The molecule has 1 heterocycles. The number of carbonyl (C=O) groups excluding carboxylic acids is 3. The van der Waals surface area contributed by atoms with E-state index in [1.165, 1.54) is 4.90 Å². The van der Waals surface area contributed by atoms with Gasteiger partial charge in [0.2, 0.25) is 0 Å². The van der Waals surface area contributed by atoms with Gasteiger partial charge in [0.05, 0.1) is 6.54 Å². The Morgan fingerprint density at radius 1 is 0.909 bits per heavy atom. The van der Waals surface area contributed by atoms with Crippen LogP contribution in [0.4, 0.5) is 5.69 Å². The Bertz CT molecular complexity index is 1160. The summed E-state index contributed by atoms with van der Waals surface area (Å²) in [6, 6.07) is 25.0. The molecule has 0 saturated heterocycles. The monoisotopic (exact) mass is 440 g/mol. The smallest absolute Gasteiger partial charge is 0.329 e. The highest BCUT2D eigenvalue weighted by Crippen LogP contribution is 2.33. The summed E-state index contributed by atoms with van der Waals surface area (Å²) in [5, 5.41) is 0. The molecule has 1 aliphatic heterocycles. The van der Waals surface area contributed by atoms with Crippen molar-refractivity contribution in [2.75, 3.05) is 11.5 Å². The Morgan fingerprint density at radius 2 is 1.48 bits per heavy atom. The van der Waals surface area contributed by atoms with Crippen LogP contribution in [0.1, 0.15) is 28.4 Å². The molecule has 3 aromatic carbocycles. The van der Waals surface area contributed by atoms with Gasteiger partial charge in [-0.15, -0.1) is 0 Å². The molecule has 2 amide bonds. The fourth-order valence-electron chi connectivity index (χ4n) is 3.85. The van der Waals surface area contributed by atoms with E-state index in [1.54, 1.807) is 30.0 Å². The average molecular weight is 440 g/mol. The number of esters is 1. The van der Waals surface area contributed by atoms with Crippen molar-refractivity contribution < 1.29 is 19.1 Å². The summed E-state index contributed by atoms with van der Waals surface area (Å²) in [6.45, 7) is 5.44. The molecule has 1 aliphatic rings. The summed E-state index contributed by atoms with van der Waals surface area (Å²) in [5.74, 6) is -1.33. The molecule has 166 valence electrons. The van der Waals surface area contributed by atoms with E-state index in [0.29, 0.717) is 29.1 Å². The number of nitrogens with zero attached hydrogens (tertiary/aromatic N) is 2. The lowest BCUT2D eigenvalue weighted by Gasteiger charge is -2.25. The van der Waals surface area contributed by atoms with Crippen molar-refractivity contribution in [3.8, 4) is 0 Å². The highest BCUT2D eigenvalue weighted by molar-refractivity contribution is 6.10. The van der Waals surface area contributed by atoms with E-state index >= 15 is 0 Å². The molecule has 0 radical (unpaired) electrons. The molecule has 6 heteroatoms. The molecule has 6 nitrogen and oxygen atoms in total. The van der Waals surface area contributed by atoms with Crippen LogP contribution in [-0.4, -0.2) is 35.3 Å². The summed E-state index contributed by atoms with van der Waals surface area (Å²) in [7, 11) is 0. The molecular formula is C27H24N2O4. The van der Waals surface area contributed by atoms with Crippen LogP contribution in [0, 0.1) is 0 Å². The maximum absolute atomic E-state index is 13.1. The first kappa shape index (κ1) is 22.0. The fourth-order valence-corrected chi connectivity index (χ4v) is 3.85. The number of hydrogen-bond donors (Lipinski definition) is 0. The Morgan fingerprint density at radius 3 is 2.12 bits per heavy atom. The first-order chi connectivity index (χ1) is 16.0. The van der Waals surface area contributed by atoms with E-state index in [9.17, 15) is 14.4 Å². The van der Waals surface area contributed by atoms with Crippen LogP contribution in [0.15, 0.2) is 91.5 Å². The van der Waals surface area contributed by atoms with Crippen molar-refractivity contribution in [3.63, 3.8) is 0 Å². The number of hydrogen-bond acceptors (Lipinski definition) is 4. The van der Waals surface area contributed by atoms with E-state index in [2.05, 4.69) is 6.58 Å². The first-order valence-corrected chi connectivity index (χ1v) is 10.6. The maximum Gasteiger partial charge on any atom is 0.329 e. The number of rotatable bonds is 7. The van der Waals surface area contributed by atoms with Crippen molar-refractivity contribution >= 4 is 29.2 Å². The Kier molecular flexibility index (Phi) is 6.36. The largest absolute Gasteiger partial charge is 0.454 e. The highest BCUT2D eigenvalue weighted by Gasteiger charge is 2.37. The summed E-state index contributed by atoms with van der Waals surface area (Å²) in [5.41, 5.74) is 3.29. The second kappa shape index (κ2) is 9.53. The van der Waals surface area contributed by atoms with Gasteiger partial charge in [0.15, 0.2) is 6.61 Å². The summed E-state index contributed by atoms with van der Waals surface area (Å²) >= 11 is 0. The number of anilines is 1. The second-order valence-corrected chi connectivity index (χ2v) is 7.75. The normalized spacial score (nSPS) is 13.4. The minimum atomic E-state index is -0.913. The molecule has 0 aliphatic carbocycles. The van der Waals surface area contributed by atoms with Gasteiger partial charge < -0.3 is 9.64 Å². The molecule has 0 saturated carbocycles. The third-order valence-electron chi connectivity index (χ3n) is 5.60. The predicted octanol–water partition coefficient (Wildman–Crippen LogP) is 4.28. The van der Waals surface area contributed by atoms with Crippen LogP contribution in [0.3, 0.4) is 0 Å². The molecule has 0 spiro atoms. The van der Waals surface area contributed by atoms with Crippen LogP contribution < -0.4 is 4.90 Å². The van der Waals surface area contributed by atoms with Crippen molar-refractivity contribution in [1.29, 1.82) is 0 Å². The molecular weight excluding hydrogens is 416 g/mol. The van der Waals surface area contributed by atoms with Crippen LogP contribution >= 0.6 is 0 Å². The second-order valence-electron chi connectivity index (χ2n) is 7.75. The summed E-state index contributed by atoms with van der Waals surface area (Å²) in [4.78, 5) is 41.5. The van der Waals surface area contributed by atoms with Crippen molar-refractivity contribution in [1.82, 2.24) is 4.90 Å². The molecule has 0 N–H and O–H groups in total. The number of ether oxygens (including phenoxy) is 1. The number of fused-ring (bicyclic) bond motifs is 1. The Labute approximate surface area is 192 Å². The van der Waals surface area contributed by atoms with Gasteiger partial charge >= 0.3 is 5.97 Å². The molecule has 3 aromatic rings. The van der Waals surface area contributed by atoms with E-state index in [0.717, 1.165) is 5.56 Å². The van der Waals surface area contributed by atoms with Crippen LogP contribution in [0.2, 0.25) is 0 Å². The zero-order valence-electron chi connectivity index (χ0n) is 18.3. The SMILES string of the molecule is C=C1c2ccccc2C(=O)N1C(C)C(=O)OCC(=O)N(Cc1ccccc1)c1ccccc1. The van der Waals surface area contributed by atoms with Gasteiger partial charge in [0.1, 0.15) is 6.04 Å². The molecule has 0 aromatic heterocycles. The third kappa shape index (κ3) is 4.55. The lowest BCUT2D eigenvalue weighted by molar-refractivity contribution is -0.151. The van der Waals surface area contributed by atoms with Crippen LogP contribution in [0.5, 0.6) is 0 Å². The third-order valence-corrected chi connectivity index (χ3v) is 5.60. The average Bonchev–Trinajstić information content (AvgIpc) is 3.11. The minimum absolute atomic E-state index is 0.304. The molecule has 0 bridgehead atoms. The van der Waals surface area contributed by atoms with E-state index in [1.807, 2.05) is 66.7 Å². The maximum atomic E-state index is 13.1. The lowest BCUT2D eigenvalue weighted by atomic mass is 10.1. The number of benzene rings is 3. The summed E-state index contributed by atoms with van der Waals surface area (Å²) in [6.07, 6.45) is 0. The topological polar surface area (TPSA) is 66.9 Å². The zero-order valence-corrected chi connectivity index (χ0v) is 18.3. The molecule has 1 atom stereocenters. The molecule has 1 unspecified atom stereocenters. The van der Waals surface area contributed by atoms with Gasteiger partial charge in [0, 0.05) is 22.5 Å². The van der Waals surface area contributed by atoms with Crippen LogP contribution in [-0.2, 0) is 20.9 Å². The lowest BCUT2D eigenvalue weighted by Crippen LogP contribution is -2.41. The molecule has 33 heavy (non-hydrogen) atoms. The van der Waals surface area contributed by atoms with Crippen LogP contribution in [0.25, 0.3) is 5.70 Å². The quantitative estimate of drug-likeness (QED) is 0.515.